The number of ether oxygens (including phenoxy) is 1. The highest BCUT2D eigenvalue weighted by Crippen LogP contribution is 2.25. The highest BCUT2D eigenvalue weighted by Gasteiger charge is 2.23. The maximum Gasteiger partial charge on any atom is 0.387 e. The molecule has 0 atom stereocenters. The third-order valence-electron chi connectivity index (χ3n) is 3.11. The lowest BCUT2D eigenvalue weighted by atomic mass is 10.1. The topological polar surface area (TPSA) is 58.6 Å². The first-order valence-corrected chi connectivity index (χ1v) is 6.86. The first-order valence-electron chi connectivity index (χ1n) is 6.86. The molecule has 4 nitrogen and oxygen atoms in total. The molecule has 2 aromatic rings. The second-order valence-corrected chi connectivity index (χ2v) is 4.74. The number of nitrogens with one attached hydrogen (secondary N) is 1. The van der Waals surface area contributed by atoms with E-state index in [-0.39, 0.29) is 12.3 Å². The third-order valence-corrected chi connectivity index (χ3v) is 3.11. The van der Waals surface area contributed by atoms with Gasteiger partial charge in [-0.3, -0.25) is 4.79 Å². The highest BCUT2D eigenvalue weighted by atomic mass is 19.3. The Morgan fingerprint density at radius 1 is 1.12 bits per heavy atom. The molecule has 0 aliphatic heterocycles. The maximum atomic E-state index is 14.0. The van der Waals surface area contributed by atoms with Gasteiger partial charge in [0.25, 0.3) is 5.91 Å². The summed E-state index contributed by atoms with van der Waals surface area (Å²) >= 11 is 0. The van der Waals surface area contributed by atoms with Gasteiger partial charge in [-0.1, -0.05) is 12.1 Å². The molecule has 0 aromatic heterocycles. The number of carbonyl (C=O) groups excluding carboxylic acids is 1. The van der Waals surface area contributed by atoms with E-state index >= 15 is 0 Å². The van der Waals surface area contributed by atoms with Crippen LogP contribution in [0.25, 0.3) is 0 Å². The molecule has 0 spiro atoms. The lowest BCUT2D eigenvalue weighted by Crippen LogP contribution is -2.17. The van der Waals surface area contributed by atoms with Crippen LogP contribution in [-0.2, 0) is 6.42 Å². The number of amides is 1. The van der Waals surface area contributed by atoms with Gasteiger partial charge in [-0.15, -0.1) is 0 Å². The van der Waals surface area contributed by atoms with E-state index in [1.807, 2.05) is 0 Å². The molecular formula is C16H13F4NO3. The average Bonchev–Trinajstić information content (AvgIpc) is 2.52. The van der Waals surface area contributed by atoms with E-state index in [0.717, 1.165) is 5.56 Å². The first-order chi connectivity index (χ1) is 11.4. The van der Waals surface area contributed by atoms with E-state index in [0.29, 0.717) is 18.6 Å². The van der Waals surface area contributed by atoms with Crippen LogP contribution in [0, 0.1) is 11.6 Å². The van der Waals surface area contributed by atoms with Crippen molar-refractivity contribution in [2.24, 2.45) is 0 Å². The molecule has 0 aliphatic carbocycles. The first kappa shape index (κ1) is 17.7. The van der Waals surface area contributed by atoms with Crippen molar-refractivity contribution in [1.29, 1.82) is 0 Å². The van der Waals surface area contributed by atoms with E-state index < -0.39 is 35.5 Å². The Hall–Kier alpha value is -2.61. The monoisotopic (exact) mass is 343 g/mol. The number of rotatable bonds is 6. The van der Waals surface area contributed by atoms with Crippen LogP contribution in [0.5, 0.6) is 5.75 Å². The van der Waals surface area contributed by atoms with Gasteiger partial charge in [0.2, 0.25) is 0 Å². The van der Waals surface area contributed by atoms with Crippen molar-refractivity contribution < 1.29 is 32.2 Å². The zero-order valence-corrected chi connectivity index (χ0v) is 12.2. The van der Waals surface area contributed by atoms with Crippen molar-refractivity contribution in [3.63, 3.8) is 0 Å². The fourth-order valence-electron chi connectivity index (χ4n) is 2.01. The molecule has 2 rings (SSSR count). The number of aliphatic hydroxyl groups excluding tert-OH is 1. The van der Waals surface area contributed by atoms with Crippen molar-refractivity contribution in [3.8, 4) is 5.75 Å². The summed E-state index contributed by atoms with van der Waals surface area (Å²) in [5.74, 6) is -4.78. The second-order valence-electron chi connectivity index (χ2n) is 4.74. The molecule has 0 saturated carbocycles. The molecule has 0 radical (unpaired) electrons. The van der Waals surface area contributed by atoms with Crippen LogP contribution in [0.2, 0.25) is 0 Å². The molecule has 8 heteroatoms. The Labute approximate surface area is 134 Å². The van der Waals surface area contributed by atoms with Gasteiger partial charge < -0.3 is 15.2 Å². The van der Waals surface area contributed by atoms with Crippen LogP contribution in [-0.4, -0.2) is 24.2 Å². The van der Waals surface area contributed by atoms with Crippen molar-refractivity contribution in [2.75, 3.05) is 11.9 Å². The normalized spacial score (nSPS) is 10.8. The minimum absolute atomic E-state index is 0.0426. The molecular weight excluding hydrogens is 330 g/mol. The number of hydrogen-bond acceptors (Lipinski definition) is 3. The summed E-state index contributed by atoms with van der Waals surface area (Å²) in [6.45, 7) is -3.35. The van der Waals surface area contributed by atoms with Gasteiger partial charge >= 0.3 is 6.61 Å². The molecule has 0 bridgehead atoms. The molecule has 0 unspecified atom stereocenters. The Morgan fingerprint density at radius 2 is 1.79 bits per heavy atom. The van der Waals surface area contributed by atoms with Crippen LogP contribution >= 0.6 is 0 Å². The van der Waals surface area contributed by atoms with Crippen molar-refractivity contribution in [2.45, 2.75) is 13.0 Å². The molecule has 0 aliphatic rings. The number of carbonyl (C=O) groups is 1. The summed E-state index contributed by atoms with van der Waals surface area (Å²) < 4.78 is 56.0. The third kappa shape index (κ3) is 4.23. The summed E-state index contributed by atoms with van der Waals surface area (Å²) in [7, 11) is 0. The van der Waals surface area contributed by atoms with Gasteiger partial charge in [0.05, 0.1) is 0 Å². The van der Waals surface area contributed by atoms with Crippen molar-refractivity contribution in [1.82, 2.24) is 0 Å². The number of benzene rings is 2. The molecule has 128 valence electrons. The van der Waals surface area contributed by atoms with Crippen LogP contribution in [0.15, 0.2) is 36.4 Å². The Kier molecular flexibility index (Phi) is 5.75. The molecule has 0 heterocycles. The SMILES string of the molecule is O=C(Nc1ccc(CCO)cc1)c1c(F)ccc(OC(F)F)c1F. The number of anilines is 1. The van der Waals surface area contributed by atoms with Crippen LogP contribution in [0.3, 0.4) is 0 Å². The minimum Gasteiger partial charge on any atom is -0.432 e. The van der Waals surface area contributed by atoms with Gasteiger partial charge in [0, 0.05) is 12.3 Å². The predicted molar refractivity (Wildman–Crippen MR) is 78.2 cm³/mol. The summed E-state index contributed by atoms with van der Waals surface area (Å²) in [6.07, 6.45) is 0.421. The standard InChI is InChI=1S/C16H13F4NO3/c17-11-5-6-12(24-16(19)20)14(18)13(11)15(23)21-10-3-1-9(2-4-10)7-8-22/h1-6,16,22H,7-8H2,(H,21,23). The van der Waals surface area contributed by atoms with Crippen LogP contribution in [0.1, 0.15) is 15.9 Å². The Morgan fingerprint density at radius 3 is 2.38 bits per heavy atom. The highest BCUT2D eigenvalue weighted by molar-refractivity contribution is 6.04. The van der Waals surface area contributed by atoms with E-state index in [1.165, 1.54) is 12.1 Å². The van der Waals surface area contributed by atoms with Gasteiger partial charge in [0.15, 0.2) is 11.6 Å². The lowest BCUT2D eigenvalue weighted by molar-refractivity contribution is -0.0523. The quantitative estimate of drug-likeness (QED) is 0.791. The Balaban J connectivity index is 2.22. The molecule has 1 amide bonds. The fraction of sp³-hybridized carbons (Fsp3) is 0.188. The van der Waals surface area contributed by atoms with Gasteiger partial charge in [0.1, 0.15) is 11.4 Å². The minimum atomic E-state index is -3.31. The number of aliphatic hydroxyl groups is 1. The van der Waals surface area contributed by atoms with Crippen molar-refractivity contribution in [3.05, 3.63) is 59.2 Å². The number of halogens is 4. The van der Waals surface area contributed by atoms with E-state index in [2.05, 4.69) is 10.1 Å². The van der Waals surface area contributed by atoms with E-state index in [4.69, 9.17) is 5.11 Å². The van der Waals surface area contributed by atoms with Gasteiger partial charge in [-0.05, 0) is 36.2 Å². The van der Waals surface area contributed by atoms with E-state index in [9.17, 15) is 22.4 Å². The molecule has 2 aromatic carbocycles. The molecule has 24 heavy (non-hydrogen) atoms. The molecule has 2 N–H and O–H groups in total. The van der Waals surface area contributed by atoms with Crippen LogP contribution < -0.4 is 10.1 Å². The van der Waals surface area contributed by atoms with Crippen LogP contribution in [0.4, 0.5) is 23.2 Å². The summed E-state index contributed by atoms with van der Waals surface area (Å²) in [5.41, 5.74) is 0.0356. The van der Waals surface area contributed by atoms with Crippen molar-refractivity contribution >= 4 is 11.6 Å². The maximum absolute atomic E-state index is 14.0. The average molecular weight is 343 g/mol. The van der Waals surface area contributed by atoms with Gasteiger partial charge in [-0.25, -0.2) is 8.78 Å². The second kappa shape index (κ2) is 7.78. The Bertz CT molecular complexity index is 720. The molecule has 0 fully saturated rings. The zero-order chi connectivity index (χ0) is 17.7. The number of alkyl halides is 2. The smallest absolute Gasteiger partial charge is 0.387 e. The number of hydrogen-bond donors (Lipinski definition) is 2. The largest absolute Gasteiger partial charge is 0.432 e. The fourth-order valence-corrected chi connectivity index (χ4v) is 2.01. The van der Waals surface area contributed by atoms with Gasteiger partial charge in [-0.2, -0.15) is 8.78 Å². The molecule has 0 saturated heterocycles. The zero-order valence-electron chi connectivity index (χ0n) is 12.2. The van der Waals surface area contributed by atoms with E-state index in [1.54, 1.807) is 12.1 Å². The predicted octanol–water partition coefficient (Wildman–Crippen LogP) is 3.35. The summed E-state index contributed by atoms with van der Waals surface area (Å²) in [5, 5.41) is 11.1. The lowest BCUT2D eigenvalue weighted by Gasteiger charge is -2.11. The summed E-state index contributed by atoms with van der Waals surface area (Å²) in [6, 6.07) is 7.55. The summed E-state index contributed by atoms with van der Waals surface area (Å²) in [4.78, 5) is 12.0.